The van der Waals surface area contributed by atoms with E-state index in [1.807, 2.05) is 0 Å². The van der Waals surface area contributed by atoms with Crippen LogP contribution in [0.4, 0.5) is 14.6 Å². The zero-order valence-corrected chi connectivity index (χ0v) is 17.4. The number of aliphatic hydroxyl groups excluding tert-OH is 2. The Hall–Kier alpha value is -3.18. The van der Waals surface area contributed by atoms with Crippen molar-refractivity contribution in [2.75, 3.05) is 11.9 Å². The molecule has 3 aromatic rings. The highest BCUT2D eigenvalue weighted by Crippen LogP contribution is 2.53. The Morgan fingerprint density at radius 3 is 2.79 bits per heavy atom. The normalized spacial score (nSPS) is 32.8. The van der Waals surface area contributed by atoms with E-state index in [9.17, 15) is 23.8 Å². The Labute approximate surface area is 186 Å². The van der Waals surface area contributed by atoms with Crippen molar-refractivity contribution in [3.63, 3.8) is 0 Å². The van der Waals surface area contributed by atoms with Crippen LogP contribution in [0.1, 0.15) is 34.9 Å². The fourth-order valence-corrected chi connectivity index (χ4v) is 5.41. The SMILES string of the molecule is O=C(c1[nH]nc2ncnc(N[C@H]3[C@H](O)[C@H](O)[C@@H]4C[C@@H]43)c12)N1C[C@@H](F)C[C@@H]1c1cccc(F)c1. The number of nitrogens with one attached hydrogen (secondary N) is 2. The van der Waals surface area contributed by atoms with Gasteiger partial charge in [-0.25, -0.2) is 18.7 Å². The van der Waals surface area contributed by atoms with E-state index >= 15 is 0 Å². The Bertz CT molecular complexity index is 1240. The molecule has 1 saturated heterocycles. The van der Waals surface area contributed by atoms with Crippen molar-refractivity contribution < 1.29 is 23.8 Å². The van der Waals surface area contributed by atoms with Crippen LogP contribution < -0.4 is 5.32 Å². The molecule has 2 aliphatic carbocycles. The number of aromatic nitrogens is 4. The molecule has 1 aromatic carbocycles. The maximum Gasteiger partial charge on any atom is 0.273 e. The summed E-state index contributed by atoms with van der Waals surface area (Å²) in [6.45, 7) is -0.131. The predicted molar refractivity (Wildman–Crippen MR) is 112 cm³/mol. The number of likely N-dealkylation sites (tertiary alicyclic amines) is 1. The van der Waals surface area contributed by atoms with Crippen LogP contribution in [0.3, 0.4) is 0 Å². The zero-order chi connectivity index (χ0) is 22.9. The number of carbonyl (C=O) groups is 1. The average molecular weight is 456 g/mol. The van der Waals surface area contributed by atoms with Gasteiger partial charge in [-0.3, -0.25) is 9.89 Å². The lowest BCUT2D eigenvalue weighted by Gasteiger charge is -2.25. The number of amides is 1. The number of H-pyrrole nitrogens is 1. The van der Waals surface area contributed by atoms with E-state index < -0.39 is 42.2 Å². The van der Waals surface area contributed by atoms with Crippen molar-refractivity contribution in [2.45, 2.75) is 43.3 Å². The molecule has 0 bridgehead atoms. The first-order valence-corrected chi connectivity index (χ1v) is 10.9. The van der Waals surface area contributed by atoms with Gasteiger partial charge >= 0.3 is 0 Å². The minimum absolute atomic E-state index is 0.0541. The lowest BCUT2D eigenvalue weighted by atomic mass is 10.0. The molecule has 0 spiro atoms. The summed E-state index contributed by atoms with van der Waals surface area (Å²) >= 11 is 0. The maximum absolute atomic E-state index is 14.4. The number of hydrogen-bond donors (Lipinski definition) is 4. The Kier molecular flexibility index (Phi) is 4.59. The number of hydrogen-bond acceptors (Lipinski definition) is 7. The molecule has 9 nitrogen and oxygen atoms in total. The molecular weight excluding hydrogens is 434 g/mol. The number of carbonyl (C=O) groups excluding carboxylic acids is 1. The second-order valence-electron chi connectivity index (χ2n) is 9.10. The molecule has 7 atom stereocenters. The van der Waals surface area contributed by atoms with E-state index in [-0.39, 0.29) is 36.1 Å². The van der Waals surface area contributed by atoms with Gasteiger partial charge < -0.3 is 20.4 Å². The molecule has 172 valence electrons. The minimum atomic E-state index is -1.24. The van der Waals surface area contributed by atoms with E-state index in [2.05, 4.69) is 25.5 Å². The van der Waals surface area contributed by atoms with Crippen LogP contribution in [0, 0.1) is 17.7 Å². The third kappa shape index (κ3) is 3.25. The summed E-state index contributed by atoms with van der Waals surface area (Å²) in [5.41, 5.74) is 0.850. The average Bonchev–Trinajstić information content (AvgIpc) is 3.20. The molecule has 3 fully saturated rings. The molecule has 1 aliphatic heterocycles. The van der Waals surface area contributed by atoms with Crippen molar-refractivity contribution in [1.82, 2.24) is 25.1 Å². The van der Waals surface area contributed by atoms with E-state index in [1.54, 1.807) is 6.07 Å². The number of fused-ring (bicyclic) bond motifs is 2. The largest absolute Gasteiger partial charge is 0.390 e. The highest BCUT2D eigenvalue weighted by Gasteiger charge is 2.59. The second-order valence-corrected chi connectivity index (χ2v) is 9.10. The van der Waals surface area contributed by atoms with Crippen molar-refractivity contribution in [1.29, 1.82) is 0 Å². The summed E-state index contributed by atoms with van der Waals surface area (Å²) in [4.78, 5) is 23.3. The van der Waals surface area contributed by atoms with E-state index in [1.165, 1.54) is 29.4 Å². The van der Waals surface area contributed by atoms with Crippen molar-refractivity contribution >= 4 is 22.8 Å². The Balaban J connectivity index is 1.35. The number of nitrogens with zero attached hydrogens (tertiary/aromatic N) is 4. The van der Waals surface area contributed by atoms with Crippen LogP contribution in [-0.4, -0.2) is 72.2 Å². The molecular formula is C22H22F2N6O3. The predicted octanol–water partition coefficient (Wildman–Crippen LogP) is 1.57. The second kappa shape index (κ2) is 7.42. The molecule has 1 amide bonds. The number of alkyl halides is 1. The number of anilines is 1. The minimum Gasteiger partial charge on any atom is -0.390 e. The van der Waals surface area contributed by atoms with Crippen LogP contribution in [0.15, 0.2) is 30.6 Å². The topological polar surface area (TPSA) is 127 Å². The van der Waals surface area contributed by atoms with Gasteiger partial charge in [0.2, 0.25) is 0 Å². The molecule has 3 aliphatic rings. The summed E-state index contributed by atoms with van der Waals surface area (Å²) in [6.07, 6.45) is -0.820. The quantitative estimate of drug-likeness (QED) is 0.469. The molecule has 4 N–H and O–H groups in total. The number of aliphatic hydroxyl groups is 2. The number of halogens is 2. The highest BCUT2D eigenvalue weighted by molar-refractivity contribution is 6.07. The number of aromatic amines is 1. The molecule has 3 heterocycles. The third-order valence-electron chi connectivity index (χ3n) is 7.12. The fraction of sp³-hybridized carbons (Fsp3) is 0.455. The smallest absolute Gasteiger partial charge is 0.273 e. The van der Waals surface area contributed by atoms with E-state index in [0.717, 1.165) is 6.42 Å². The van der Waals surface area contributed by atoms with Crippen LogP contribution in [0.2, 0.25) is 0 Å². The maximum atomic E-state index is 14.4. The number of rotatable bonds is 4. The first-order chi connectivity index (χ1) is 15.9. The summed E-state index contributed by atoms with van der Waals surface area (Å²) in [5.74, 6) is -0.474. The summed E-state index contributed by atoms with van der Waals surface area (Å²) < 4.78 is 28.2. The molecule has 2 saturated carbocycles. The van der Waals surface area contributed by atoms with Gasteiger partial charge in [0.1, 0.15) is 35.9 Å². The molecule has 33 heavy (non-hydrogen) atoms. The van der Waals surface area contributed by atoms with Crippen LogP contribution in [0.25, 0.3) is 11.0 Å². The van der Waals surface area contributed by atoms with Crippen molar-refractivity contribution in [3.05, 3.63) is 47.7 Å². The molecule has 0 radical (unpaired) electrons. The monoisotopic (exact) mass is 456 g/mol. The van der Waals surface area contributed by atoms with Gasteiger partial charge in [0.25, 0.3) is 5.91 Å². The number of benzene rings is 1. The molecule has 0 unspecified atom stereocenters. The van der Waals surface area contributed by atoms with Crippen LogP contribution in [-0.2, 0) is 0 Å². The van der Waals surface area contributed by atoms with Gasteiger partial charge in [-0.2, -0.15) is 5.10 Å². The first-order valence-electron chi connectivity index (χ1n) is 10.9. The summed E-state index contributed by atoms with van der Waals surface area (Å²) in [6, 6.07) is 4.78. The third-order valence-corrected chi connectivity index (χ3v) is 7.12. The van der Waals surface area contributed by atoms with Gasteiger partial charge in [0.05, 0.1) is 30.1 Å². The van der Waals surface area contributed by atoms with Crippen molar-refractivity contribution in [3.8, 4) is 0 Å². The van der Waals surface area contributed by atoms with Crippen molar-refractivity contribution in [2.24, 2.45) is 11.8 Å². The lowest BCUT2D eigenvalue weighted by molar-refractivity contribution is 0.0201. The lowest BCUT2D eigenvalue weighted by Crippen LogP contribution is -2.38. The summed E-state index contributed by atoms with van der Waals surface area (Å²) in [5, 5.41) is 30.8. The molecule has 6 rings (SSSR count). The van der Waals surface area contributed by atoms with Gasteiger partial charge in [-0.05, 0) is 36.0 Å². The highest BCUT2D eigenvalue weighted by atomic mass is 19.1. The standard InChI is InChI=1S/C22H22F2N6O3/c23-10-3-1-2-9(4-10)14-5-11(24)7-30(14)22(33)17-15-20(25-8-26-21(15)29-28-17)27-16-12-6-13(12)18(31)19(16)32/h1-4,8,11-14,16,18-19,31-32H,5-7H2,(H2,25,26,27,28,29)/t11-,12-,13+,14+,16+,18+,19-/m0/s1. The summed E-state index contributed by atoms with van der Waals surface area (Å²) in [7, 11) is 0. The Morgan fingerprint density at radius 1 is 1.18 bits per heavy atom. The Morgan fingerprint density at radius 2 is 2.03 bits per heavy atom. The molecule has 2 aromatic heterocycles. The van der Waals surface area contributed by atoms with Gasteiger partial charge in [0.15, 0.2) is 5.65 Å². The van der Waals surface area contributed by atoms with Gasteiger partial charge in [-0.15, -0.1) is 0 Å². The van der Waals surface area contributed by atoms with Crippen LogP contribution in [0.5, 0.6) is 0 Å². The fourth-order valence-electron chi connectivity index (χ4n) is 5.41. The van der Waals surface area contributed by atoms with E-state index in [4.69, 9.17) is 0 Å². The van der Waals surface area contributed by atoms with Gasteiger partial charge in [-0.1, -0.05) is 12.1 Å². The van der Waals surface area contributed by atoms with E-state index in [0.29, 0.717) is 16.8 Å². The van der Waals surface area contributed by atoms with Gasteiger partial charge in [0, 0.05) is 6.42 Å². The molecule has 11 heteroatoms. The zero-order valence-electron chi connectivity index (χ0n) is 17.4. The first kappa shape index (κ1) is 20.4. The van der Waals surface area contributed by atoms with Crippen LogP contribution >= 0.6 is 0 Å².